The summed E-state index contributed by atoms with van der Waals surface area (Å²) in [6.07, 6.45) is 1.57. The number of halogens is 1. The lowest BCUT2D eigenvalue weighted by molar-refractivity contribution is 0.0932. The van der Waals surface area contributed by atoms with Crippen LogP contribution in [0.25, 0.3) is 17.1 Å². The third kappa shape index (κ3) is 3.57. The lowest BCUT2D eigenvalue weighted by Gasteiger charge is -2.15. The monoisotopic (exact) mass is 391 g/mol. The van der Waals surface area contributed by atoms with E-state index < -0.39 is 0 Å². The minimum Gasteiger partial charge on any atom is -0.463 e. The molecule has 0 unspecified atom stereocenters. The van der Waals surface area contributed by atoms with E-state index in [2.05, 4.69) is 10.4 Å². The summed E-state index contributed by atoms with van der Waals surface area (Å²) in [4.78, 5) is 13.1. The average molecular weight is 392 g/mol. The number of hydrogen-bond acceptors (Lipinski definition) is 3. The predicted molar refractivity (Wildman–Crippen MR) is 109 cm³/mol. The molecule has 0 saturated heterocycles. The zero-order chi connectivity index (χ0) is 19.5. The number of para-hydroxylation sites is 1. The van der Waals surface area contributed by atoms with Gasteiger partial charge in [0.15, 0.2) is 5.76 Å². The Morgan fingerprint density at radius 3 is 2.54 bits per heavy atom. The van der Waals surface area contributed by atoms with E-state index in [9.17, 15) is 4.79 Å². The molecule has 0 aliphatic rings. The molecule has 0 aliphatic carbocycles. The van der Waals surface area contributed by atoms with Gasteiger partial charge in [-0.05, 0) is 36.8 Å². The van der Waals surface area contributed by atoms with Crippen molar-refractivity contribution in [2.45, 2.75) is 13.0 Å². The van der Waals surface area contributed by atoms with Crippen LogP contribution < -0.4 is 5.32 Å². The van der Waals surface area contributed by atoms with Crippen LogP contribution in [0.15, 0.2) is 83.5 Å². The van der Waals surface area contributed by atoms with E-state index in [1.54, 1.807) is 35.2 Å². The molecule has 2 heterocycles. The van der Waals surface area contributed by atoms with Crippen molar-refractivity contribution in [2.24, 2.45) is 0 Å². The molecule has 2 aromatic heterocycles. The van der Waals surface area contributed by atoms with Gasteiger partial charge < -0.3 is 9.73 Å². The third-order valence-corrected chi connectivity index (χ3v) is 4.76. The molecular formula is C22H18ClN3O2. The summed E-state index contributed by atoms with van der Waals surface area (Å²) in [7, 11) is 0. The number of carbonyl (C=O) groups excluding carboxylic acids is 1. The average Bonchev–Trinajstić information content (AvgIpc) is 3.39. The standard InChI is InChI=1S/C22H18ClN3O2/c1-15(16-8-3-2-4-9-16)24-22(27)20-14-18(21-12-7-13-28-21)25-26(20)19-11-6-5-10-17(19)23/h2-15H,1H3,(H,24,27)/t15-/m0/s1. The number of furan rings is 1. The van der Waals surface area contributed by atoms with Crippen molar-refractivity contribution in [3.63, 3.8) is 0 Å². The summed E-state index contributed by atoms with van der Waals surface area (Å²) in [5.74, 6) is 0.331. The molecule has 0 spiro atoms. The van der Waals surface area contributed by atoms with Gasteiger partial charge in [-0.1, -0.05) is 54.1 Å². The molecule has 2 aromatic carbocycles. The topological polar surface area (TPSA) is 60.1 Å². The molecule has 1 amide bonds. The summed E-state index contributed by atoms with van der Waals surface area (Å²) in [5.41, 5.74) is 2.58. The van der Waals surface area contributed by atoms with Crippen LogP contribution in [0.4, 0.5) is 0 Å². The summed E-state index contributed by atoms with van der Waals surface area (Å²) in [5, 5.41) is 8.09. The van der Waals surface area contributed by atoms with Gasteiger partial charge in [0.05, 0.1) is 23.0 Å². The van der Waals surface area contributed by atoms with Crippen molar-refractivity contribution in [3.8, 4) is 17.1 Å². The van der Waals surface area contributed by atoms with E-state index in [0.29, 0.717) is 27.9 Å². The van der Waals surface area contributed by atoms with Crippen LogP contribution in [0.1, 0.15) is 29.0 Å². The van der Waals surface area contributed by atoms with E-state index >= 15 is 0 Å². The van der Waals surface area contributed by atoms with Gasteiger partial charge in [0.25, 0.3) is 5.91 Å². The Bertz CT molecular complexity index is 1090. The second-order valence-corrected chi connectivity index (χ2v) is 6.77. The molecule has 0 radical (unpaired) electrons. The number of nitrogens with one attached hydrogen (secondary N) is 1. The Kier molecular flexibility index (Phi) is 5.00. The maximum atomic E-state index is 13.1. The summed E-state index contributed by atoms with van der Waals surface area (Å²) < 4.78 is 6.99. The summed E-state index contributed by atoms with van der Waals surface area (Å²) in [6, 6.07) is 22.2. The number of aromatic nitrogens is 2. The normalized spacial score (nSPS) is 11.9. The first-order valence-corrected chi connectivity index (χ1v) is 9.26. The molecule has 6 heteroatoms. The van der Waals surface area contributed by atoms with E-state index in [4.69, 9.17) is 16.0 Å². The number of amides is 1. The van der Waals surface area contributed by atoms with Crippen LogP contribution in [0.2, 0.25) is 5.02 Å². The van der Waals surface area contributed by atoms with Crippen LogP contribution in [-0.2, 0) is 0 Å². The molecule has 4 aromatic rings. The van der Waals surface area contributed by atoms with Gasteiger partial charge in [-0.2, -0.15) is 5.10 Å². The third-order valence-electron chi connectivity index (χ3n) is 4.44. The fourth-order valence-electron chi connectivity index (χ4n) is 2.99. The van der Waals surface area contributed by atoms with Gasteiger partial charge in [-0.25, -0.2) is 4.68 Å². The van der Waals surface area contributed by atoms with E-state index in [-0.39, 0.29) is 11.9 Å². The molecule has 5 nitrogen and oxygen atoms in total. The van der Waals surface area contributed by atoms with Gasteiger partial charge in [0.2, 0.25) is 0 Å². The first-order valence-electron chi connectivity index (χ1n) is 8.88. The Morgan fingerprint density at radius 2 is 1.82 bits per heavy atom. The van der Waals surface area contributed by atoms with Crippen LogP contribution in [0.3, 0.4) is 0 Å². The van der Waals surface area contributed by atoms with Crippen molar-refractivity contribution in [3.05, 3.63) is 95.3 Å². The van der Waals surface area contributed by atoms with Gasteiger partial charge in [0, 0.05) is 6.07 Å². The maximum Gasteiger partial charge on any atom is 0.270 e. The van der Waals surface area contributed by atoms with Gasteiger partial charge in [-0.15, -0.1) is 0 Å². The Labute approximate surface area is 167 Å². The first kappa shape index (κ1) is 18.1. The van der Waals surface area contributed by atoms with Crippen LogP contribution in [-0.4, -0.2) is 15.7 Å². The second kappa shape index (κ2) is 7.74. The molecule has 0 saturated carbocycles. The van der Waals surface area contributed by atoms with Crippen molar-refractivity contribution in [2.75, 3.05) is 0 Å². The highest BCUT2D eigenvalue weighted by atomic mass is 35.5. The number of benzene rings is 2. The van der Waals surface area contributed by atoms with Gasteiger partial charge in [-0.3, -0.25) is 4.79 Å². The lowest BCUT2D eigenvalue weighted by atomic mass is 10.1. The number of rotatable bonds is 5. The molecule has 4 rings (SSSR count). The molecule has 1 atom stereocenters. The molecule has 0 fully saturated rings. The molecule has 0 bridgehead atoms. The van der Waals surface area contributed by atoms with E-state index in [0.717, 1.165) is 5.56 Å². The highest BCUT2D eigenvalue weighted by Gasteiger charge is 2.21. The number of hydrogen-bond donors (Lipinski definition) is 1. The Morgan fingerprint density at radius 1 is 1.07 bits per heavy atom. The van der Waals surface area contributed by atoms with Crippen molar-refractivity contribution >= 4 is 17.5 Å². The quantitative estimate of drug-likeness (QED) is 0.503. The number of carbonyl (C=O) groups is 1. The van der Waals surface area contributed by atoms with Crippen molar-refractivity contribution in [1.29, 1.82) is 0 Å². The van der Waals surface area contributed by atoms with E-state index in [1.807, 2.05) is 55.5 Å². The molecule has 1 N–H and O–H groups in total. The van der Waals surface area contributed by atoms with E-state index in [1.165, 1.54) is 0 Å². The molecule has 140 valence electrons. The highest BCUT2D eigenvalue weighted by Crippen LogP contribution is 2.26. The minimum absolute atomic E-state index is 0.157. The first-order chi connectivity index (χ1) is 13.6. The van der Waals surface area contributed by atoms with Crippen molar-refractivity contribution in [1.82, 2.24) is 15.1 Å². The molecular weight excluding hydrogens is 374 g/mol. The Balaban J connectivity index is 1.72. The zero-order valence-corrected chi connectivity index (χ0v) is 15.9. The Hall–Kier alpha value is -3.31. The zero-order valence-electron chi connectivity index (χ0n) is 15.2. The summed E-state index contributed by atoms with van der Waals surface area (Å²) >= 11 is 6.36. The number of nitrogens with zero attached hydrogens (tertiary/aromatic N) is 2. The van der Waals surface area contributed by atoms with Crippen LogP contribution >= 0.6 is 11.6 Å². The molecule has 0 aliphatic heterocycles. The van der Waals surface area contributed by atoms with Gasteiger partial charge >= 0.3 is 0 Å². The smallest absolute Gasteiger partial charge is 0.270 e. The summed E-state index contributed by atoms with van der Waals surface area (Å²) in [6.45, 7) is 1.94. The van der Waals surface area contributed by atoms with Crippen LogP contribution in [0.5, 0.6) is 0 Å². The SMILES string of the molecule is C[C@H](NC(=O)c1cc(-c2ccco2)nn1-c1ccccc1Cl)c1ccccc1. The fourth-order valence-corrected chi connectivity index (χ4v) is 3.21. The van der Waals surface area contributed by atoms with Crippen LogP contribution in [0, 0.1) is 0 Å². The largest absolute Gasteiger partial charge is 0.463 e. The fraction of sp³-hybridized carbons (Fsp3) is 0.0909. The predicted octanol–water partition coefficient (Wildman–Crippen LogP) is 5.28. The lowest BCUT2D eigenvalue weighted by Crippen LogP contribution is -2.28. The maximum absolute atomic E-state index is 13.1. The molecule has 28 heavy (non-hydrogen) atoms. The second-order valence-electron chi connectivity index (χ2n) is 6.36. The minimum atomic E-state index is -0.249. The highest BCUT2D eigenvalue weighted by molar-refractivity contribution is 6.32. The van der Waals surface area contributed by atoms with Gasteiger partial charge in [0.1, 0.15) is 11.4 Å². The van der Waals surface area contributed by atoms with Crippen molar-refractivity contribution < 1.29 is 9.21 Å².